The highest BCUT2D eigenvalue weighted by atomic mass is 35.5. The number of ether oxygens (including phenoxy) is 1. The lowest BCUT2D eigenvalue weighted by atomic mass is 9.53. The molecule has 0 aromatic heterocycles. The maximum atomic E-state index is 13.7. The molecule has 6 rings (SSSR count). The van der Waals surface area contributed by atoms with Crippen molar-refractivity contribution in [3.8, 4) is 0 Å². The van der Waals surface area contributed by atoms with Crippen molar-refractivity contribution in [2.45, 2.75) is 73.8 Å². The number of carbonyl (C=O) groups excluding carboxylic acids is 4. The van der Waals surface area contributed by atoms with E-state index < -0.39 is 79.5 Å². The molecule has 2 aromatic carbocycles. The Kier molecular flexibility index (Phi) is 9.14. The third kappa shape index (κ3) is 6.83. The number of nitrogens with zero attached hydrogens (tertiary/aromatic N) is 1. The lowest BCUT2D eigenvalue weighted by Gasteiger charge is -2.58. The van der Waals surface area contributed by atoms with Crippen LogP contribution in [0.3, 0.4) is 0 Å². The van der Waals surface area contributed by atoms with Gasteiger partial charge in [0.25, 0.3) is 5.91 Å². The van der Waals surface area contributed by atoms with Crippen molar-refractivity contribution in [1.82, 2.24) is 10.2 Å². The van der Waals surface area contributed by atoms with Crippen LogP contribution in [0.5, 0.6) is 0 Å². The number of hydrogen-bond acceptors (Lipinski definition) is 8. The van der Waals surface area contributed by atoms with Crippen LogP contribution in [0, 0.1) is 29.3 Å². The maximum absolute atomic E-state index is 13.7. The molecule has 2 bridgehead atoms. The number of benzene rings is 2. The molecule has 2 unspecified atom stereocenters. The number of carbonyl (C=O) groups is 4. The predicted octanol–water partition coefficient (Wildman–Crippen LogP) is 4.01. The Morgan fingerprint density at radius 1 is 1.06 bits per heavy atom. The number of aliphatic hydroxyl groups is 1. The molecule has 3 amide bonds. The van der Waals surface area contributed by atoms with Crippen LogP contribution in [0.2, 0.25) is 5.02 Å². The zero-order valence-electron chi connectivity index (χ0n) is 25.6. The zero-order chi connectivity index (χ0) is 34.6. The fourth-order valence-corrected chi connectivity index (χ4v) is 8.86. The van der Waals surface area contributed by atoms with E-state index in [2.05, 4.69) is 10.6 Å². The van der Waals surface area contributed by atoms with Crippen molar-refractivity contribution in [3.05, 3.63) is 58.4 Å². The third-order valence-electron chi connectivity index (χ3n) is 8.88. The average Bonchev–Trinajstić information content (AvgIpc) is 3.39. The number of fused-ring (bicyclic) bond motifs is 2. The molecule has 1 heterocycles. The molecule has 3 aliphatic carbocycles. The molecular formula is C31H33ClF3N3O8S. The summed E-state index contributed by atoms with van der Waals surface area (Å²) in [6.07, 6.45) is -0.456. The van der Waals surface area contributed by atoms with Gasteiger partial charge in [0.1, 0.15) is 11.6 Å². The first-order valence-corrected chi connectivity index (χ1v) is 16.7. The molecular weight excluding hydrogens is 667 g/mol. The van der Waals surface area contributed by atoms with Gasteiger partial charge in [-0.05, 0) is 70.1 Å². The monoisotopic (exact) mass is 699 g/mol. The molecule has 47 heavy (non-hydrogen) atoms. The van der Waals surface area contributed by atoms with Crippen molar-refractivity contribution in [3.63, 3.8) is 0 Å². The first-order chi connectivity index (χ1) is 21.8. The zero-order valence-corrected chi connectivity index (χ0v) is 27.2. The highest BCUT2D eigenvalue weighted by Gasteiger charge is 2.60. The minimum atomic E-state index is -4.15. The van der Waals surface area contributed by atoms with Gasteiger partial charge in [0.05, 0.1) is 27.3 Å². The quantitative estimate of drug-likeness (QED) is 0.366. The van der Waals surface area contributed by atoms with E-state index in [1.165, 1.54) is 12.1 Å². The highest BCUT2D eigenvalue weighted by Crippen LogP contribution is 2.55. The van der Waals surface area contributed by atoms with E-state index >= 15 is 0 Å². The normalized spacial score (nSPS) is 25.6. The predicted molar refractivity (Wildman–Crippen MR) is 162 cm³/mol. The van der Waals surface area contributed by atoms with Crippen LogP contribution in [0.25, 0.3) is 0 Å². The molecule has 16 heteroatoms. The number of ketones is 1. The summed E-state index contributed by atoms with van der Waals surface area (Å²) in [7, 11) is -4.15. The topological polar surface area (TPSA) is 159 Å². The van der Waals surface area contributed by atoms with Gasteiger partial charge >= 0.3 is 6.09 Å². The van der Waals surface area contributed by atoms with Crippen molar-refractivity contribution in [2.75, 3.05) is 18.4 Å². The Morgan fingerprint density at radius 2 is 1.68 bits per heavy atom. The number of hydrogen-bond donors (Lipinski definition) is 3. The van der Waals surface area contributed by atoms with E-state index in [0.29, 0.717) is 18.6 Å². The van der Waals surface area contributed by atoms with Gasteiger partial charge in [-0.3, -0.25) is 19.3 Å². The Morgan fingerprint density at radius 3 is 2.28 bits per heavy atom. The summed E-state index contributed by atoms with van der Waals surface area (Å²) in [6, 6.07) is 3.49. The molecule has 1 aliphatic heterocycles. The van der Waals surface area contributed by atoms with Gasteiger partial charge < -0.3 is 20.5 Å². The number of rotatable bonds is 7. The fourth-order valence-electron chi connectivity index (χ4n) is 6.45. The largest absolute Gasteiger partial charge is 0.444 e. The summed E-state index contributed by atoms with van der Waals surface area (Å²) in [5.41, 5.74) is -2.85. The van der Waals surface area contributed by atoms with Gasteiger partial charge in [-0.1, -0.05) is 11.6 Å². The molecule has 4 aliphatic rings. The SMILES string of the molecule is CC(C)(C)OC(=O)N1CC(=O)C[C@H]1C(=O)NCC1(O)C2CC1CC(S(=O)(=O)c1cc(C(=O)Nc3cc(F)c(F)c(F)c3)ccc1Cl)C2. The number of halogens is 4. The average molecular weight is 700 g/mol. The van der Waals surface area contributed by atoms with E-state index in [1.54, 1.807) is 20.8 Å². The molecule has 11 nitrogen and oxygen atoms in total. The Balaban J connectivity index is 1.24. The molecule has 3 N–H and O–H groups in total. The Bertz CT molecular complexity index is 1730. The minimum absolute atomic E-state index is 0.0258. The molecule has 2 aromatic rings. The number of sulfone groups is 1. The summed E-state index contributed by atoms with van der Waals surface area (Å²) in [4.78, 5) is 51.2. The summed E-state index contributed by atoms with van der Waals surface area (Å²) in [5, 5.41) is 15.1. The van der Waals surface area contributed by atoms with E-state index in [9.17, 15) is 45.9 Å². The summed E-state index contributed by atoms with van der Waals surface area (Å²) in [6.45, 7) is 4.46. The van der Waals surface area contributed by atoms with Gasteiger partial charge in [-0.25, -0.2) is 26.4 Å². The first-order valence-electron chi connectivity index (χ1n) is 14.8. The van der Waals surface area contributed by atoms with E-state index in [0.717, 1.165) is 11.0 Å². The van der Waals surface area contributed by atoms with Crippen LogP contribution in [-0.2, 0) is 24.2 Å². The lowest BCUT2D eigenvalue weighted by Crippen LogP contribution is -2.66. The van der Waals surface area contributed by atoms with Crippen molar-refractivity contribution in [1.29, 1.82) is 0 Å². The van der Waals surface area contributed by atoms with Gasteiger partial charge in [-0.2, -0.15) is 0 Å². The molecule has 4 fully saturated rings. The Hall–Kier alpha value is -3.69. The standard InChI is InChI=1S/C31H33ClF3N3O8S/c1-30(2,3)46-29(42)38-13-19(39)12-24(38)28(41)36-14-31(43)16-7-17(31)9-20(8-16)47(44,45)25-6-15(4-5-21(25)32)27(40)37-18-10-22(33)26(35)23(34)11-18/h4-6,10-11,16-17,20,24,43H,7-9,12-14H2,1-3H3,(H,36,41)(H,37,40)/t16?,17?,20?,24-,31?/m0/s1. The van der Waals surface area contributed by atoms with Crippen LogP contribution >= 0.6 is 11.6 Å². The second kappa shape index (κ2) is 12.4. The molecule has 0 radical (unpaired) electrons. The van der Waals surface area contributed by atoms with Gasteiger partial charge in [0, 0.05) is 36.3 Å². The van der Waals surface area contributed by atoms with Crippen molar-refractivity contribution >= 4 is 50.8 Å². The van der Waals surface area contributed by atoms with Crippen LogP contribution in [0.4, 0.5) is 23.7 Å². The number of likely N-dealkylation sites (tertiary alicyclic amines) is 1. The van der Waals surface area contributed by atoms with Gasteiger partial charge in [0.15, 0.2) is 33.1 Å². The number of Topliss-reactive ketones (excluding diaryl/α,β-unsaturated/α-hetero) is 1. The van der Waals surface area contributed by atoms with E-state index in [-0.39, 0.29) is 59.3 Å². The second-order valence-corrected chi connectivity index (χ2v) is 15.8. The summed E-state index contributed by atoms with van der Waals surface area (Å²) < 4.78 is 73.2. The smallest absolute Gasteiger partial charge is 0.411 e. The van der Waals surface area contributed by atoms with Gasteiger partial charge in [-0.15, -0.1) is 0 Å². The maximum Gasteiger partial charge on any atom is 0.411 e. The van der Waals surface area contributed by atoms with Crippen LogP contribution < -0.4 is 10.6 Å². The minimum Gasteiger partial charge on any atom is -0.444 e. The number of anilines is 1. The first kappa shape index (κ1) is 34.6. The molecule has 254 valence electrons. The summed E-state index contributed by atoms with van der Waals surface area (Å²) in [5.74, 6) is -7.66. The van der Waals surface area contributed by atoms with Crippen molar-refractivity contribution < 1.29 is 50.6 Å². The Labute approximate surface area is 273 Å². The number of amides is 3. The third-order valence-corrected chi connectivity index (χ3v) is 11.5. The molecule has 1 saturated heterocycles. The molecule has 0 spiro atoms. The van der Waals surface area contributed by atoms with E-state index in [1.807, 2.05) is 0 Å². The molecule has 3 saturated carbocycles. The fraction of sp³-hybridized carbons (Fsp3) is 0.484. The molecule has 3 atom stereocenters. The number of nitrogens with one attached hydrogen (secondary N) is 2. The second-order valence-electron chi connectivity index (χ2n) is 13.2. The lowest BCUT2D eigenvalue weighted by molar-refractivity contribution is -0.174. The van der Waals surface area contributed by atoms with Crippen molar-refractivity contribution in [2.24, 2.45) is 11.8 Å². The van der Waals surface area contributed by atoms with Crippen LogP contribution in [0.15, 0.2) is 35.2 Å². The summed E-state index contributed by atoms with van der Waals surface area (Å²) >= 11 is 6.24. The van der Waals surface area contributed by atoms with Gasteiger partial charge in [0.2, 0.25) is 5.91 Å². The van der Waals surface area contributed by atoms with Crippen LogP contribution in [-0.4, -0.2) is 77.7 Å². The van der Waals surface area contributed by atoms with E-state index in [4.69, 9.17) is 16.3 Å². The highest BCUT2D eigenvalue weighted by molar-refractivity contribution is 7.92. The van der Waals surface area contributed by atoms with Crippen LogP contribution in [0.1, 0.15) is 56.8 Å².